The van der Waals surface area contributed by atoms with Crippen LogP contribution in [0.1, 0.15) is 31.7 Å². The summed E-state index contributed by atoms with van der Waals surface area (Å²) in [7, 11) is 0. The van der Waals surface area contributed by atoms with Crippen LogP contribution in [0.25, 0.3) is 0 Å². The Bertz CT molecular complexity index is 559. The van der Waals surface area contributed by atoms with E-state index in [9.17, 15) is 14.4 Å². The number of imide groups is 1. The van der Waals surface area contributed by atoms with Crippen LogP contribution in [0.3, 0.4) is 0 Å². The van der Waals surface area contributed by atoms with Gasteiger partial charge in [0.1, 0.15) is 0 Å². The molecule has 1 N–H and O–H groups in total. The van der Waals surface area contributed by atoms with Gasteiger partial charge in [-0.2, -0.15) is 0 Å². The van der Waals surface area contributed by atoms with E-state index in [-0.39, 0.29) is 12.3 Å². The molecular formula is C16H20N2O4. The topological polar surface area (TPSA) is 75.7 Å². The quantitative estimate of drug-likeness (QED) is 0.840. The minimum atomic E-state index is -0.959. The summed E-state index contributed by atoms with van der Waals surface area (Å²) < 4.78 is 5.15. The Morgan fingerprint density at radius 2 is 1.95 bits per heavy atom. The predicted molar refractivity (Wildman–Crippen MR) is 80.1 cm³/mol. The molecule has 1 fully saturated rings. The summed E-state index contributed by atoms with van der Waals surface area (Å²) in [6, 6.07) is 9.19. The van der Waals surface area contributed by atoms with Crippen LogP contribution in [0.5, 0.6) is 0 Å². The number of nitrogens with zero attached hydrogens (tertiary/aromatic N) is 1. The molecule has 6 nitrogen and oxygen atoms in total. The lowest BCUT2D eigenvalue weighted by molar-refractivity contribution is -0.157. The molecule has 0 aliphatic carbocycles. The molecule has 0 spiro atoms. The maximum Gasteiger partial charge on any atom is 0.324 e. The van der Waals surface area contributed by atoms with Crippen molar-refractivity contribution in [3.8, 4) is 0 Å². The zero-order chi connectivity index (χ0) is 16.1. The molecule has 2 atom stereocenters. The van der Waals surface area contributed by atoms with Crippen LogP contribution in [-0.4, -0.2) is 42.0 Å². The van der Waals surface area contributed by atoms with E-state index in [1.54, 1.807) is 0 Å². The van der Waals surface area contributed by atoms with E-state index in [1.165, 1.54) is 6.92 Å². The molecule has 1 saturated heterocycles. The molecule has 6 heteroatoms. The van der Waals surface area contributed by atoms with Crippen molar-refractivity contribution < 1.29 is 19.1 Å². The van der Waals surface area contributed by atoms with Gasteiger partial charge in [0.05, 0.1) is 6.42 Å². The molecule has 1 heterocycles. The van der Waals surface area contributed by atoms with Crippen LogP contribution in [0.4, 0.5) is 4.79 Å². The highest BCUT2D eigenvalue weighted by Crippen LogP contribution is 2.19. The number of carbonyl (C=O) groups is 3. The molecule has 1 aliphatic rings. The lowest BCUT2D eigenvalue weighted by Gasteiger charge is -2.19. The first-order valence-electron chi connectivity index (χ1n) is 7.32. The Hall–Kier alpha value is -2.37. The largest absolute Gasteiger partial charge is 0.453 e. The number of amides is 3. The number of rotatable bonds is 5. The second-order valence-corrected chi connectivity index (χ2v) is 5.37. The van der Waals surface area contributed by atoms with Crippen molar-refractivity contribution in [2.75, 3.05) is 13.1 Å². The number of hydrogen-bond donors (Lipinski definition) is 1. The van der Waals surface area contributed by atoms with Gasteiger partial charge in [0.2, 0.25) is 0 Å². The van der Waals surface area contributed by atoms with Crippen LogP contribution in [-0.2, 0) is 14.3 Å². The van der Waals surface area contributed by atoms with Gasteiger partial charge in [-0.15, -0.1) is 0 Å². The number of ether oxygens (including phenoxy) is 1. The summed E-state index contributed by atoms with van der Waals surface area (Å²) in [6.07, 6.45) is -0.771. The second-order valence-electron chi connectivity index (χ2n) is 5.37. The van der Waals surface area contributed by atoms with E-state index < -0.39 is 24.0 Å². The molecule has 2 rings (SSSR count). The summed E-state index contributed by atoms with van der Waals surface area (Å²) in [6.45, 7) is 4.15. The van der Waals surface area contributed by atoms with Gasteiger partial charge in [-0.1, -0.05) is 37.3 Å². The first kappa shape index (κ1) is 16.0. The number of hydrogen-bond acceptors (Lipinski definition) is 4. The number of urea groups is 1. The first-order chi connectivity index (χ1) is 10.5. The highest BCUT2D eigenvalue weighted by atomic mass is 16.5. The molecule has 0 aromatic heterocycles. The third kappa shape index (κ3) is 3.84. The molecule has 1 aliphatic heterocycles. The molecule has 22 heavy (non-hydrogen) atoms. The summed E-state index contributed by atoms with van der Waals surface area (Å²) >= 11 is 0. The highest BCUT2D eigenvalue weighted by molar-refractivity contribution is 5.98. The molecule has 118 valence electrons. The highest BCUT2D eigenvalue weighted by Gasteiger charge is 2.31. The van der Waals surface area contributed by atoms with E-state index in [1.807, 2.05) is 37.3 Å². The van der Waals surface area contributed by atoms with Gasteiger partial charge in [0, 0.05) is 13.1 Å². The van der Waals surface area contributed by atoms with Crippen molar-refractivity contribution >= 4 is 17.9 Å². The smallest absolute Gasteiger partial charge is 0.324 e. The van der Waals surface area contributed by atoms with Crippen molar-refractivity contribution in [3.63, 3.8) is 0 Å². The molecular weight excluding hydrogens is 284 g/mol. The van der Waals surface area contributed by atoms with Gasteiger partial charge < -0.3 is 10.1 Å². The summed E-state index contributed by atoms with van der Waals surface area (Å²) in [5, 5.41) is 2.54. The van der Waals surface area contributed by atoms with Crippen LogP contribution in [0.2, 0.25) is 0 Å². The average molecular weight is 304 g/mol. The van der Waals surface area contributed by atoms with Gasteiger partial charge in [0.25, 0.3) is 5.91 Å². The van der Waals surface area contributed by atoms with Crippen LogP contribution in [0, 0.1) is 0 Å². The predicted octanol–water partition coefficient (Wildman–Crippen LogP) is 1.66. The van der Waals surface area contributed by atoms with Crippen LogP contribution in [0.15, 0.2) is 30.3 Å². The van der Waals surface area contributed by atoms with Crippen molar-refractivity contribution in [3.05, 3.63) is 35.9 Å². The monoisotopic (exact) mass is 304 g/mol. The minimum Gasteiger partial charge on any atom is -0.453 e. The van der Waals surface area contributed by atoms with Crippen LogP contribution >= 0.6 is 0 Å². The lowest BCUT2D eigenvalue weighted by Crippen LogP contribution is -2.41. The fraction of sp³-hybridized carbons (Fsp3) is 0.438. The number of carbonyl (C=O) groups excluding carboxylic acids is 3. The van der Waals surface area contributed by atoms with E-state index in [4.69, 9.17) is 4.74 Å². The molecule has 0 saturated carbocycles. The van der Waals surface area contributed by atoms with Gasteiger partial charge in [-0.25, -0.2) is 4.79 Å². The minimum absolute atomic E-state index is 0.00564. The van der Waals surface area contributed by atoms with Crippen LogP contribution < -0.4 is 5.32 Å². The second kappa shape index (κ2) is 7.06. The third-order valence-electron chi connectivity index (χ3n) is 3.62. The Morgan fingerprint density at radius 3 is 2.55 bits per heavy atom. The molecule has 1 aromatic rings. The Labute approximate surface area is 129 Å². The fourth-order valence-electron chi connectivity index (χ4n) is 2.35. The standard InChI is InChI=1S/C16H20N2O4/c1-11(13-6-4-3-5-7-13)10-14(19)22-12(2)15(20)18-9-8-17-16(18)21/h3-7,11-12H,8-10H2,1-2H3,(H,17,21)/t11-,12+/m0/s1. The zero-order valence-corrected chi connectivity index (χ0v) is 12.7. The molecule has 1 aromatic carbocycles. The molecule has 0 unspecified atom stereocenters. The van der Waals surface area contributed by atoms with Gasteiger partial charge in [-0.3, -0.25) is 14.5 Å². The zero-order valence-electron chi connectivity index (χ0n) is 12.7. The Kier molecular flexibility index (Phi) is 5.14. The van der Waals surface area contributed by atoms with Crippen molar-refractivity contribution in [2.45, 2.75) is 32.3 Å². The van der Waals surface area contributed by atoms with Gasteiger partial charge in [-0.05, 0) is 18.4 Å². The Balaban J connectivity index is 1.86. The van der Waals surface area contributed by atoms with E-state index in [0.29, 0.717) is 13.1 Å². The first-order valence-corrected chi connectivity index (χ1v) is 7.32. The van der Waals surface area contributed by atoms with E-state index >= 15 is 0 Å². The van der Waals surface area contributed by atoms with E-state index in [0.717, 1.165) is 10.5 Å². The Morgan fingerprint density at radius 1 is 1.27 bits per heavy atom. The van der Waals surface area contributed by atoms with Crippen molar-refractivity contribution in [2.24, 2.45) is 0 Å². The third-order valence-corrected chi connectivity index (χ3v) is 3.62. The van der Waals surface area contributed by atoms with Gasteiger partial charge >= 0.3 is 12.0 Å². The summed E-state index contributed by atoms with van der Waals surface area (Å²) in [4.78, 5) is 36.5. The van der Waals surface area contributed by atoms with Gasteiger partial charge in [0.15, 0.2) is 6.10 Å². The summed E-state index contributed by atoms with van der Waals surface area (Å²) in [5.74, 6) is -0.932. The number of esters is 1. The normalized spacial score (nSPS) is 16.8. The maximum atomic E-state index is 12.0. The van der Waals surface area contributed by atoms with Crippen molar-refractivity contribution in [1.82, 2.24) is 10.2 Å². The van der Waals surface area contributed by atoms with E-state index in [2.05, 4.69) is 5.32 Å². The number of nitrogens with one attached hydrogen (secondary N) is 1. The number of benzene rings is 1. The molecule has 0 bridgehead atoms. The molecule has 0 radical (unpaired) electrons. The SMILES string of the molecule is C[C@@H](OC(=O)C[C@H](C)c1ccccc1)C(=O)N1CCNC1=O. The summed E-state index contributed by atoms with van der Waals surface area (Å²) in [5.41, 5.74) is 1.04. The fourth-order valence-corrected chi connectivity index (χ4v) is 2.35. The van der Waals surface area contributed by atoms with Crippen molar-refractivity contribution in [1.29, 1.82) is 0 Å². The maximum absolute atomic E-state index is 12.0. The average Bonchev–Trinajstić information content (AvgIpc) is 2.93. The molecule has 3 amide bonds. The lowest BCUT2D eigenvalue weighted by atomic mass is 9.98.